The molecule has 20 heavy (non-hydrogen) atoms. The third kappa shape index (κ3) is 2.61. The highest BCUT2D eigenvalue weighted by atomic mass is 19.2. The van der Waals surface area contributed by atoms with E-state index in [1.54, 1.807) is 0 Å². The van der Waals surface area contributed by atoms with Gasteiger partial charge in [0.25, 0.3) is 5.91 Å². The Morgan fingerprint density at radius 2 is 1.85 bits per heavy atom. The Bertz CT molecular complexity index is 570. The Labute approximate surface area is 112 Å². The van der Waals surface area contributed by atoms with Crippen molar-refractivity contribution in [3.63, 3.8) is 0 Å². The summed E-state index contributed by atoms with van der Waals surface area (Å²) in [6, 6.07) is 1.48. The average molecular weight is 287 g/mol. The lowest BCUT2D eigenvalue weighted by atomic mass is 9.74. The summed E-state index contributed by atoms with van der Waals surface area (Å²) in [6.45, 7) is 0. The molecule has 0 radical (unpaired) electrons. The molecule has 108 valence electrons. The molecule has 1 amide bonds. The van der Waals surface area contributed by atoms with E-state index in [-0.39, 0.29) is 6.42 Å². The second-order valence-electron chi connectivity index (χ2n) is 4.88. The van der Waals surface area contributed by atoms with E-state index in [0.717, 1.165) is 12.5 Å². The molecular weight excluding hydrogens is 275 g/mol. The third-order valence-corrected chi connectivity index (χ3v) is 3.46. The molecule has 0 unspecified atom stereocenters. The molecule has 4 nitrogen and oxygen atoms in total. The molecule has 7 heteroatoms. The van der Waals surface area contributed by atoms with E-state index >= 15 is 0 Å². The van der Waals surface area contributed by atoms with Gasteiger partial charge in [-0.25, -0.2) is 13.2 Å². The van der Waals surface area contributed by atoms with Crippen LogP contribution in [0.4, 0.5) is 13.2 Å². The van der Waals surface area contributed by atoms with Gasteiger partial charge in [0.1, 0.15) is 0 Å². The molecule has 0 bridgehead atoms. The predicted molar refractivity (Wildman–Crippen MR) is 62.6 cm³/mol. The molecule has 1 fully saturated rings. The first-order valence-electron chi connectivity index (χ1n) is 6.02. The first-order valence-corrected chi connectivity index (χ1v) is 6.02. The number of benzene rings is 1. The highest BCUT2D eigenvalue weighted by molar-refractivity contribution is 5.95. The summed E-state index contributed by atoms with van der Waals surface area (Å²) in [4.78, 5) is 22.6. The summed E-state index contributed by atoms with van der Waals surface area (Å²) in [5.41, 5.74) is -1.57. The van der Waals surface area contributed by atoms with Gasteiger partial charge >= 0.3 is 5.97 Å². The average Bonchev–Trinajstić information content (AvgIpc) is 2.32. The first-order chi connectivity index (χ1) is 9.34. The maximum atomic E-state index is 13.5. The van der Waals surface area contributed by atoms with Crippen LogP contribution in [0, 0.1) is 17.5 Å². The zero-order chi connectivity index (χ0) is 14.9. The maximum Gasteiger partial charge on any atom is 0.305 e. The Hall–Kier alpha value is -2.05. The van der Waals surface area contributed by atoms with Crippen LogP contribution in [0.25, 0.3) is 0 Å². The summed E-state index contributed by atoms with van der Waals surface area (Å²) >= 11 is 0. The Morgan fingerprint density at radius 1 is 1.20 bits per heavy atom. The quantitative estimate of drug-likeness (QED) is 0.835. The molecule has 1 aromatic rings. The van der Waals surface area contributed by atoms with Gasteiger partial charge in [-0.15, -0.1) is 0 Å². The molecule has 0 saturated heterocycles. The monoisotopic (exact) mass is 287 g/mol. The predicted octanol–water partition coefficient (Wildman–Crippen LogP) is 2.23. The van der Waals surface area contributed by atoms with E-state index in [9.17, 15) is 22.8 Å². The Balaban J connectivity index is 2.20. The molecule has 1 aromatic carbocycles. The fraction of sp³-hybridized carbons (Fsp3) is 0.385. The number of hydrogen-bond donors (Lipinski definition) is 2. The Kier molecular flexibility index (Phi) is 3.69. The number of rotatable bonds is 4. The van der Waals surface area contributed by atoms with Crippen LogP contribution in [-0.2, 0) is 4.79 Å². The molecule has 0 aromatic heterocycles. The van der Waals surface area contributed by atoms with Gasteiger partial charge in [-0.1, -0.05) is 0 Å². The standard InChI is InChI=1S/C13H12F3NO3/c14-8-3-2-7(10(15)11(8)16)12(20)17-13(4-1-5-13)6-9(18)19/h2-3H,1,4-6H2,(H,17,20)(H,18,19). The summed E-state index contributed by atoms with van der Waals surface area (Å²) in [7, 11) is 0. The SMILES string of the molecule is O=C(O)CC1(NC(=O)c2ccc(F)c(F)c2F)CCC1. The van der Waals surface area contributed by atoms with E-state index in [4.69, 9.17) is 5.11 Å². The summed E-state index contributed by atoms with van der Waals surface area (Å²) < 4.78 is 39.3. The lowest BCUT2D eigenvalue weighted by molar-refractivity contribution is -0.139. The number of amides is 1. The van der Waals surface area contributed by atoms with Gasteiger partial charge in [0.05, 0.1) is 17.5 Å². The normalized spacial score (nSPS) is 16.4. The van der Waals surface area contributed by atoms with Crippen molar-refractivity contribution in [2.24, 2.45) is 0 Å². The van der Waals surface area contributed by atoms with E-state index in [1.807, 2.05) is 0 Å². The number of carboxylic acid groups (broad SMARTS) is 1. The van der Waals surface area contributed by atoms with Crippen molar-refractivity contribution in [2.75, 3.05) is 0 Å². The van der Waals surface area contributed by atoms with Gasteiger partial charge < -0.3 is 10.4 Å². The number of hydrogen-bond acceptors (Lipinski definition) is 2. The minimum atomic E-state index is -1.72. The van der Waals surface area contributed by atoms with E-state index in [1.165, 1.54) is 0 Å². The summed E-state index contributed by atoms with van der Waals surface area (Å²) in [5.74, 6) is -6.72. The highest BCUT2D eigenvalue weighted by Crippen LogP contribution is 2.35. The van der Waals surface area contributed by atoms with Crippen LogP contribution in [0.3, 0.4) is 0 Å². The molecule has 1 saturated carbocycles. The van der Waals surface area contributed by atoms with Crippen LogP contribution in [0.2, 0.25) is 0 Å². The zero-order valence-corrected chi connectivity index (χ0v) is 10.4. The molecule has 2 rings (SSSR count). The second kappa shape index (κ2) is 5.15. The topological polar surface area (TPSA) is 66.4 Å². The third-order valence-electron chi connectivity index (χ3n) is 3.46. The fourth-order valence-corrected chi connectivity index (χ4v) is 2.25. The van der Waals surface area contributed by atoms with Crippen LogP contribution in [0.1, 0.15) is 36.0 Å². The van der Waals surface area contributed by atoms with Crippen molar-refractivity contribution >= 4 is 11.9 Å². The van der Waals surface area contributed by atoms with Crippen LogP contribution in [0.15, 0.2) is 12.1 Å². The number of aliphatic carboxylic acids is 1. The number of carbonyl (C=O) groups excluding carboxylic acids is 1. The Morgan fingerprint density at radius 3 is 2.35 bits per heavy atom. The minimum absolute atomic E-state index is 0.288. The lowest BCUT2D eigenvalue weighted by Gasteiger charge is -2.41. The number of carboxylic acids is 1. The lowest BCUT2D eigenvalue weighted by Crippen LogP contribution is -2.54. The molecule has 1 aliphatic rings. The molecule has 0 atom stereocenters. The molecule has 1 aliphatic carbocycles. The van der Waals surface area contributed by atoms with E-state index in [2.05, 4.69) is 5.32 Å². The van der Waals surface area contributed by atoms with Crippen LogP contribution in [-0.4, -0.2) is 22.5 Å². The van der Waals surface area contributed by atoms with Crippen molar-refractivity contribution in [1.82, 2.24) is 5.32 Å². The molecule has 0 spiro atoms. The van der Waals surface area contributed by atoms with Gasteiger partial charge in [0.2, 0.25) is 0 Å². The maximum absolute atomic E-state index is 13.5. The van der Waals surface area contributed by atoms with E-state index < -0.39 is 40.4 Å². The minimum Gasteiger partial charge on any atom is -0.481 e. The number of nitrogens with one attached hydrogen (secondary N) is 1. The smallest absolute Gasteiger partial charge is 0.305 e. The molecule has 0 aliphatic heterocycles. The summed E-state index contributed by atoms with van der Waals surface area (Å²) in [6.07, 6.45) is 1.37. The van der Waals surface area contributed by atoms with Crippen molar-refractivity contribution in [3.8, 4) is 0 Å². The van der Waals surface area contributed by atoms with Crippen LogP contribution < -0.4 is 5.32 Å². The number of halogens is 3. The first kappa shape index (κ1) is 14.4. The number of carbonyl (C=O) groups is 2. The van der Waals surface area contributed by atoms with E-state index in [0.29, 0.717) is 18.9 Å². The highest BCUT2D eigenvalue weighted by Gasteiger charge is 2.41. The van der Waals surface area contributed by atoms with Crippen molar-refractivity contribution in [3.05, 3.63) is 35.1 Å². The van der Waals surface area contributed by atoms with Crippen molar-refractivity contribution < 1.29 is 27.9 Å². The van der Waals surface area contributed by atoms with Crippen LogP contribution >= 0.6 is 0 Å². The molecule has 0 heterocycles. The van der Waals surface area contributed by atoms with Gasteiger partial charge in [-0.05, 0) is 31.4 Å². The van der Waals surface area contributed by atoms with Gasteiger partial charge in [-0.2, -0.15) is 0 Å². The summed E-state index contributed by atoms with van der Waals surface area (Å²) in [5, 5.41) is 11.2. The van der Waals surface area contributed by atoms with Gasteiger partial charge in [-0.3, -0.25) is 9.59 Å². The fourth-order valence-electron chi connectivity index (χ4n) is 2.25. The van der Waals surface area contributed by atoms with Gasteiger partial charge in [0, 0.05) is 0 Å². The van der Waals surface area contributed by atoms with Crippen molar-refractivity contribution in [2.45, 2.75) is 31.2 Å². The zero-order valence-electron chi connectivity index (χ0n) is 10.4. The second-order valence-corrected chi connectivity index (χ2v) is 4.88. The largest absolute Gasteiger partial charge is 0.481 e. The van der Waals surface area contributed by atoms with Gasteiger partial charge in [0.15, 0.2) is 17.5 Å². The van der Waals surface area contributed by atoms with Crippen LogP contribution in [0.5, 0.6) is 0 Å². The molecule has 2 N–H and O–H groups in total. The van der Waals surface area contributed by atoms with Crippen molar-refractivity contribution in [1.29, 1.82) is 0 Å². The molecular formula is C13H12F3NO3.